The Bertz CT molecular complexity index is 1470. The van der Waals surface area contributed by atoms with Gasteiger partial charge in [0.2, 0.25) is 5.91 Å². The molecule has 0 aliphatic heterocycles. The highest BCUT2D eigenvalue weighted by molar-refractivity contribution is 7.15. The summed E-state index contributed by atoms with van der Waals surface area (Å²) >= 11 is 1.56. The molecule has 0 saturated carbocycles. The van der Waals surface area contributed by atoms with Crippen molar-refractivity contribution < 1.29 is 9.18 Å². The normalized spacial score (nSPS) is 12.1. The molecule has 5 rings (SSSR count). The van der Waals surface area contributed by atoms with Gasteiger partial charge < -0.3 is 5.32 Å². The lowest BCUT2D eigenvalue weighted by Crippen LogP contribution is -2.33. The fourth-order valence-electron chi connectivity index (χ4n) is 3.43. The van der Waals surface area contributed by atoms with Gasteiger partial charge in [-0.05, 0) is 49.4 Å². The number of imidazole rings is 1. The number of benzene rings is 2. The van der Waals surface area contributed by atoms with Crippen LogP contribution in [0.1, 0.15) is 13.0 Å². The summed E-state index contributed by atoms with van der Waals surface area (Å²) in [5.74, 6) is -0.741. The minimum Gasteiger partial charge on any atom is -0.324 e. The number of carbonyl (C=O) groups is 1. The van der Waals surface area contributed by atoms with Crippen molar-refractivity contribution in [3.8, 4) is 22.5 Å². The van der Waals surface area contributed by atoms with E-state index >= 15 is 0 Å². The van der Waals surface area contributed by atoms with Crippen LogP contribution in [0, 0.1) is 5.82 Å². The van der Waals surface area contributed by atoms with Gasteiger partial charge in [-0.25, -0.2) is 14.1 Å². The smallest absolute Gasteiger partial charge is 0.267 e. The molecule has 0 aliphatic carbocycles. The summed E-state index contributed by atoms with van der Waals surface area (Å²) in [6.07, 6.45) is 3.90. The number of rotatable bonds is 5. The molecule has 7 nitrogen and oxygen atoms in total. The minimum absolute atomic E-state index is 0.362. The van der Waals surface area contributed by atoms with Gasteiger partial charge in [-0.2, -0.15) is 5.10 Å². The molecule has 0 spiro atoms. The lowest BCUT2D eigenvalue weighted by atomic mass is 10.1. The second-order valence-corrected chi connectivity index (χ2v) is 8.34. The summed E-state index contributed by atoms with van der Waals surface area (Å²) in [5, 5.41) is 9.11. The molecule has 164 valence electrons. The molecule has 0 saturated heterocycles. The highest BCUT2D eigenvalue weighted by Gasteiger charge is 2.18. The predicted octanol–water partition coefficient (Wildman–Crippen LogP) is 4.63. The van der Waals surface area contributed by atoms with E-state index in [0.29, 0.717) is 16.9 Å². The van der Waals surface area contributed by atoms with Crippen molar-refractivity contribution in [3.05, 3.63) is 94.6 Å². The monoisotopic (exact) mass is 459 g/mol. The fraction of sp³-hybridized carbons (Fsp3) is 0.0833. The Morgan fingerprint density at radius 3 is 2.42 bits per heavy atom. The number of hydrogen-bond donors (Lipinski definition) is 1. The van der Waals surface area contributed by atoms with Crippen molar-refractivity contribution >= 4 is 27.9 Å². The van der Waals surface area contributed by atoms with Crippen molar-refractivity contribution in [1.29, 1.82) is 0 Å². The number of anilines is 1. The molecule has 0 radical (unpaired) electrons. The third kappa shape index (κ3) is 4.18. The SMILES string of the molecule is CC(C(=O)Nc1ccc(-c2cn3ccsc3n2)cc1)n1nc(-c2ccc(F)cc2)ccc1=O. The number of carbonyl (C=O) groups excluding carboxylic acids is 1. The van der Waals surface area contributed by atoms with Gasteiger partial charge in [0.1, 0.15) is 11.9 Å². The zero-order valence-corrected chi connectivity index (χ0v) is 18.3. The molecule has 3 aromatic heterocycles. The number of nitrogens with one attached hydrogen (secondary N) is 1. The third-order valence-electron chi connectivity index (χ3n) is 5.25. The van der Waals surface area contributed by atoms with Crippen LogP contribution >= 0.6 is 11.3 Å². The largest absolute Gasteiger partial charge is 0.324 e. The zero-order chi connectivity index (χ0) is 22.9. The van der Waals surface area contributed by atoms with Gasteiger partial charge in [-0.1, -0.05) is 12.1 Å². The molecule has 1 atom stereocenters. The van der Waals surface area contributed by atoms with Gasteiger partial charge in [-0.3, -0.25) is 14.0 Å². The van der Waals surface area contributed by atoms with E-state index in [1.165, 1.54) is 18.2 Å². The van der Waals surface area contributed by atoms with Crippen LogP contribution in [0.15, 0.2) is 83.2 Å². The molecule has 9 heteroatoms. The maximum Gasteiger partial charge on any atom is 0.267 e. The lowest BCUT2D eigenvalue weighted by molar-refractivity contribution is -0.119. The molecular weight excluding hydrogens is 441 g/mol. The Hall–Kier alpha value is -4.11. The Morgan fingerprint density at radius 2 is 1.70 bits per heavy atom. The molecule has 0 bridgehead atoms. The van der Waals surface area contributed by atoms with E-state index < -0.39 is 11.6 Å². The van der Waals surface area contributed by atoms with Crippen LogP contribution in [0.4, 0.5) is 10.1 Å². The quantitative estimate of drug-likeness (QED) is 0.416. The zero-order valence-electron chi connectivity index (χ0n) is 17.5. The number of fused-ring (bicyclic) bond motifs is 1. The van der Waals surface area contributed by atoms with Gasteiger partial charge in [0.25, 0.3) is 5.56 Å². The first-order valence-corrected chi connectivity index (χ1v) is 11.1. The molecule has 5 aromatic rings. The Morgan fingerprint density at radius 1 is 1.00 bits per heavy atom. The molecule has 1 amide bonds. The lowest BCUT2D eigenvalue weighted by Gasteiger charge is -2.15. The van der Waals surface area contributed by atoms with E-state index in [9.17, 15) is 14.0 Å². The summed E-state index contributed by atoms with van der Waals surface area (Å²) < 4.78 is 16.3. The van der Waals surface area contributed by atoms with Gasteiger partial charge in [0.15, 0.2) is 4.96 Å². The number of thiazole rings is 1. The summed E-state index contributed by atoms with van der Waals surface area (Å²) in [7, 11) is 0. The van der Waals surface area contributed by atoms with Gasteiger partial charge >= 0.3 is 0 Å². The van der Waals surface area contributed by atoms with Gasteiger partial charge in [0, 0.05) is 40.7 Å². The number of halogens is 1. The van der Waals surface area contributed by atoms with Crippen molar-refractivity contribution in [2.75, 3.05) is 5.32 Å². The van der Waals surface area contributed by atoms with E-state index in [2.05, 4.69) is 15.4 Å². The van der Waals surface area contributed by atoms with Crippen LogP contribution in [-0.4, -0.2) is 25.1 Å². The van der Waals surface area contributed by atoms with E-state index in [-0.39, 0.29) is 11.7 Å². The molecule has 1 N–H and O–H groups in total. The van der Waals surface area contributed by atoms with Crippen molar-refractivity contribution in [2.45, 2.75) is 13.0 Å². The van der Waals surface area contributed by atoms with Crippen LogP contribution < -0.4 is 10.9 Å². The topological polar surface area (TPSA) is 81.3 Å². The van der Waals surface area contributed by atoms with Gasteiger partial charge in [0.05, 0.1) is 11.4 Å². The van der Waals surface area contributed by atoms with Crippen molar-refractivity contribution in [1.82, 2.24) is 19.2 Å². The van der Waals surface area contributed by atoms with Crippen LogP contribution in [0.3, 0.4) is 0 Å². The maximum absolute atomic E-state index is 13.2. The van der Waals surface area contributed by atoms with E-state index in [4.69, 9.17) is 0 Å². The first kappa shape index (κ1) is 20.8. The Labute approximate surface area is 191 Å². The third-order valence-corrected chi connectivity index (χ3v) is 6.02. The van der Waals surface area contributed by atoms with E-state index in [1.807, 2.05) is 34.3 Å². The predicted molar refractivity (Wildman–Crippen MR) is 126 cm³/mol. The Balaban J connectivity index is 1.33. The van der Waals surface area contributed by atoms with E-state index in [0.717, 1.165) is 20.9 Å². The van der Waals surface area contributed by atoms with Crippen LogP contribution in [0.2, 0.25) is 0 Å². The second-order valence-electron chi connectivity index (χ2n) is 7.47. The minimum atomic E-state index is -0.850. The molecule has 2 aromatic carbocycles. The average molecular weight is 460 g/mol. The molecule has 3 heterocycles. The number of hydrogen-bond acceptors (Lipinski definition) is 5. The van der Waals surface area contributed by atoms with Crippen molar-refractivity contribution in [2.24, 2.45) is 0 Å². The summed E-state index contributed by atoms with van der Waals surface area (Å²) in [4.78, 5) is 30.7. The Kier molecular flexibility index (Phi) is 5.31. The first-order chi connectivity index (χ1) is 16.0. The molecule has 0 aliphatic rings. The molecule has 33 heavy (non-hydrogen) atoms. The highest BCUT2D eigenvalue weighted by atomic mass is 32.1. The molecular formula is C24H18FN5O2S. The average Bonchev–Trinajstić information content (AvgIpc) is 3.43. The number of amides is 1. The molecule has 1 unspecified atom stereocenters. The fourth-order valence-corrected chi connectivity index (χ4v) is 4.13. The molecule has 0 fully saturated rings. The second kappa shape index (κ2) is 8.44. The summed E-state index contributed by atoms with van der Waals surface area (Å²) in [6, 6.07) is 15.2. The van der Waals surface area contributed by atoms with E-state index in [1.54, 1.807) is 48.6 Å². The summed E-state index contributed by atoms with van der Waals surface area (Å²) in [6.45, 7) is 1.60. The van der Waals surface area contributed by atoms with Gasteiger partial charge in [-0.15, -0.1) is 11.3 Å². The standard InChI is InChI=1S/C24H18FN5O2S/c1-15(30-22(31)11-10-20(28-30)16-2-6-18(25)7-3-16)23(32)26-19-8-4-17(5-9-19)21-14-29-12-13-33-24(29)27-21/h2-15H,1H3,(H,26,32). The summed E-state index contributed by atoms with van der Waals surface area (Å²) in [5.41, 5.74) is 3.09. The first-order valence-electron chi connectivity index (χ1n) is 10.2. The van der Waals surface area contributed by atoms with Crippen molar-refractivity contribution in [3.63, 3.8) is 0 Å². The number of aromatic nitrogens is 4. The number of nitrogens with zero attached hydrogens (tertiary/aromatic N) is 4. The highest BCUT2D eigenvalue weighted by Crippen LogP contribution is 2.23. The maximum atomic E-state index is 13.2. The van der Waals surface area contributed by atoms with Crippen LogP contribution in [0.25, 0.3) is 27.5 Å². The van der Waals surface area contributed by atoms with Crippen LogP contribution in [-0.2, 0) is 4.79 Å². The van der Waals surface area contributed by atoms with Crippen LogP contribution in [0.5, 0.6) is 0 Å².